The summed E-state index contributed by atoms with van der Waals surface area (Å²) in [4.78, 5) is 15.8. The molecular formula is C13H9BrFNO. The summed E-state index contributed by atoms with van der Waals surface area (Å²) in [6.07, 6.45) is 3.49. The molecule has 0 spiro atoms. The van der Waals surface area contributed by atoms with Gasteiger partial charge in [0.05, 0.1) is 0 Å². The van der Waals surface area contributed by atoms with Crippen molar-refractivity contribution in [2.45, 2.75) is 6.42 Å². The standard InChI is InChI=1S/C13H9BrFNO/c14-11-4-9(7-16-8-11)5-13(17)10-2-1-3-12(15)6-10/h1-4,6-8H,5H2. The lowest BCUT2D eigenvalue weighted by Gasteiger charge is -2.02. The molecule has 0 unspecified atom stereocenters. The van der Waals surface area contributed by atoms with Crippen LogP contribution in [0.15, 0.2) is 47.2 Å². The molecule has 0 bridgehead atoms. The van der Waals surface area contributed by atoms with E-state index < -0.39 is 5.82 Å². The van der Waals surface area contributed by atoms with Crippen molar-refractivity contribution in [2.75, 3.05) is 0 Å². The van der Waals surface area contributed by atoms with Crippen LogP contribution in [0, 0.1) is 5.82 Å². The molecule has 0 radical (unpaired) electrons. The summed E-state index contributed by atoms with van der Waals surface area (Å²) in [5.41, 5.74) is 1.18. The summed E-state index contributed by atoms with van der Waals surface area (Å²) in [6.45, 7) is 0. The van der Waals surface area contributed by atoms with Gasteiger partial charge in [-0.15, -0.1) is 0 Å². The molecule has 1 aromatic heterocycles. The number of carbonyl (C=O) groups is 1. The van der Waals surface area contributed by atoms with Crippen molar-refractivity contribution >= 4 is 21.7 Å². The van der Waals surface area contributed by atoms with Crippen molar-refractivity contribution in [3.63, 3.8) is 0 Å². The number of benzene rings is 1. The molecular weight excluding hydrogens is 285 g/mol. The molecule has 0 fully saturated rings. The fourth-order valence-electron chi connectivity index (χ4n) is 1.50. The molecule has 0 aliphatic heterocycles. The normalized spacial score (nSPS) is 10.2. The SMILES string of the molecule is O=C(Cc1cncc(Br)c1)c1cccc(F)c1. The third-order valence-corrected chi connectivity index (χ3v) is 2.71. The minimum Gasteiger partial charge on any atom is -0.294 e. The highest BCUT2D eigenvalue weighted by Crippen LogP contribution is 2.13. The van der Waals surface area contributed by atoms with Gasteiger partial charge in [0.15, 0.2) is 5.78 Å². The van der Waals surface area contributed by atoms with Gasteiger partial charge in [0, 0.05) is 28.9 Å². The second-order valence-corrected chi connectivity index (χ2v) is 4.54. The second kappa shape index (κ2) is 5.19. The van der Waals surface area contributed by atoms with Crippen LogP contribution in [0.1, 0.15) is 15.9 Å². The van der Waals surface area contributed by atoms with Crippen LogP contribution in [-0.2, 0) is 6.42 Å². The van der Waals surface area contributed by atoms with E-state index in [1.165, 1.54) is 18.2 Å². The van der Waals surface area contributed by atoms with E-state index in [-0.39, 0.29) is 12.2 Å². The van der Waals surface area contributed by atoms with E-state index in [4.69, 9.17) is 0 Å². The molecule has 0 N–H and O–H groups in total. The summed E-state index contributed by atoms with van der Waals surface area (Å²) in [7, 11) is 0. The van der Waals surface area contributed by atoms with Gasteiger partial charge >= 0.3 is 0 Å². The van der Waals surface area contributed by atoms with Crippen LogP contribution in [-0.4, -0.2) is 10.8 Å². The number of pyridine rings is 1. The first kappa shape index (κ1) is 11.9. The number of hydrogen-bond acceptors (Lipinski definition) is 2. The summed E-state index contributed by atoms with van der Waals surface area (Å²) < 4.78 is 13.8. The van der Waals surface area contributed by atoms with Crippen molar-refractivity contribution in [3.05, 3.63) is 64.1 Å². The van der Waals surface area contributed by atoms with Gasteiger partial charge in [0.25, 0.3) is 0 Å². The third kappa shape index (κ3) is 3.20. The summed E-state index contributed by atoms with van der Waals surface area (Å²) in [6, 6.07) is 7.52. The maximum atomic E-state index is 13.0. The number of hydrogen-bond donors (Lipinski definition) is 0. The van der Waals surface area contributed by atoms with Crippen LogP contribution in [0.4, 0.5) is 4.39 Å². The Balaban J connectivity index is 2.17. The molecule has 0 amide bonds. The molecule has 17 heavy (non-hydrogen) atoms. The zero-order chi connectivity index (χ0) is 12.3. The average molecular weight is 294 g/mol. The second-order valence-electron chi connectivity index (χ2n) is 3.62. The van der Waals surface area contributed by atoms with Crippen LogP contribution >= 0.6 is 15.9 Å². The Bertz CT molecular complexity index is 557. The van der Waals surface area contributed by atoms with Crippen molar-refractivity contribution < 1.29 is 9.18 Å². The van der Waals surface area contributed by atoms with Crippen LogP contribution in [0.2, 0.25) is 0 Å². The van der Waals surface area contributed by atoms with Crippen LogP contribution in [0.3, 0.4) is 0 Å². The maximum Gasteiger partial charge on any atom is 0.167 e. The van der Waals surface area contributed by atoms with E-state index in [1.54, 1.807) is 18.5 Å². The lowest BCUT2D eigenvalue weighted by atomic mass is 10.0. The van der Waals surface area contributed by atoms with E-state index >= 15 is 0 Å². The molecule has 0 saturated carbocycles. The van der Waals surface area contributed by atoms with E-state index in [9.17, 15) is 9.18 Å². The molecule has 1 heterocycles. The third-order valence-electron chi connectivity index (χ3n) is 2.27. The van der Waals surface area contributed by atoms with Gasteiger partial charge in [-0.2, -0.15) is 0 Å². The number of carbonyl (C=O) groups excluding carboxylic acids is 1. The number of Topliss-reactive ketones (excluding diaryl/α,β-unsaturated/α-hetero) is 1. The summed E-state index contributed by atoms with van der Waals surface area (Å²) in [5, 5.41) is 0. The fourth-order valence-corrected chi connectivity index (χ4v) is 1.91. The molecule has 2 nitrogen and oxygen atoms in total. The summed E-state index contributed by atoms with van der Waals surface area (Å²) >= 11 is 3.29. The zero-order valence-electron chi connectivity index (χ0n) is 8.86. The molecule has 2 rings (SSSR count). The van der Waals surface area contributed by atoms with Crippen molar-refractivity contribution in [2.24, 2.45) is 0 Å². The fraction of sp³-hybridized carbons (Fsp3) is 0.0769. The maximum absolute atomic E-state index is 13.0. The zero-order valence-corrected chi connectivity index (χ0v) is 10.4. The van der Waals surface area contributed by atoms with E-state index in [2.05, 4.69) is 20.9 Å². The van der Waals surface area contributed by atoms with Gasteiger partial charge in [-0.3, -0.25) is 9.78 Å². The predicted molar refractivity (Wildman–Crippen MR) is 66.4 cm³/mol. The first-order chi connectivity index (χ1) is 8.15. The molecule has 0 atom stereocenters. The Morgan fingerprint density at radius 1 is 1.29 bits per heavy atom. The topological polar surface area (TPSA) is 30.0 Å². The highest BCUT2D eigenvalue weighted by Gasteiger charge is 2.08. The lowest BCUT2D eigenvalue weighted by molar-refractivity contribution is 0.0992. The molecule has 2 aromatic rings. The quantitative estimate of drug-likeness (QED) is 0.812. The monoisotopic (exact) mass is 293 g/mol. The van der Waals surface area contributed by atoms with Gasteiger partial charge in [0.1, 0.15) is 5.82 Å². The smallest absolute Gasteiger partial charge is 0.167 e. The Kier molecular flexibility index (Phi) is 3.64. The number of nitrogens with zero attached hydrogens (tertiary/aromatic N) is 1. The molecule has 0 aliphatic carbocycles. The minimum absolute atomic E-state index is 0.121. The Hall–Kier alpha value is -1.55. The Morgan fingerprint density at radius 2 is 2.12 bits per heavy atom. The molecule has 0 aliphatic rings. The van der Waals surface area contributed by atoms with Crippen LogP contribution in [0.5, 0.6) is 0 Å². The predicted octanol–water partition coefficient (Wildman–Crippen LogP) is 3.41. The first-order valence-electron chi connectivity index (χ1n) is 5.03. The minimum atomic E-state index is -0.400. The first-order valence-corrected chi connectivity index (χ1v) is 5.82. The van der Waals surface area contributed by atoms with Crippen molar-refractivity contribution in [3.8, 4) is 0 Å². The van der Waals surface area contributed by atoms with E-state index in [0.717, 1.165) is 10.0 Å². The highest BCUT2D eigenvalue weighted by atomic mass is 79.9. The van der Waals surface area contributed by atoms with Crippen LogP contribution < -0.4 is 0 Å². The van der Waals surface area contributed by atoms with Crippen molar-refractivity contribution in [1.82, 2.24) is 4.98 Å². The van der Waals surface area contributed by atoms with Gasteiger partial charge in [-0.05, 0) is 39.7 Å². The van der Waals surface area contributed by atoms with Gasteiger partial charge < -0.3 is 0 Å². The summed E-state index contributed by atoms with van der Waals surface area (Å²) in [5.74, 6) is -0.521. The largest absolute Gasteiger partial charge is 0.294 e. The highest BCUT2D eigenvalue weighted by molar-refractivity contribution is 9.10. The average Bonchev–Trinajstić information content (AvgIpc) is 2.29. The molecule has 1 aromatic carbocycles. The lowest BCUT2D eigenvalue weighted by Crippen LogP contribution is -2.04. The van der Waals surface area contributed by atoms with E-state index in [0.29, 0.717) is 5.56 Å². The Morgan fingerprint density at radius 3 is 2.82 bits per heavy atom. The number of halogens is 2. The molecule has 86 valence electrons. The van der Waals surface area contributed by atoms with Gasteiger partial charge in [-0.1, -0.05) is 12.1 Å². The van der Waals surface area contributed by atoms with Gasteiger partial charge in [-0.25, -0.2) is 4.39 Å². The van der Waals surface area contributed by atoms with Crippen LogP contribution in [0.25, 0.3) is 0 Å². The van der Waals surface area contributed by atoms with Gasteiger partial charge in [0.2, 0.25) is 0 Å². The molecule has 0 saturated heterocycles. The number of aromatic nitrogens is 1. The number of ketones is 1. The number of rotatable bonds is 3. The van der Waals surface area contributed by atoms with E-state index in [1.807, 2.05) is 6.07 Å². The Labute approximate surface area is 107 Å². The van der Waals surface area contributed by atoms with Crippen molar-refractivity contribution in [1.29, 1.82) is 0 Å². The molecule has 4 heteroatoms.